The Bertz CT molecular complexity index is 706. The second kappa shape index (κ2) is 5.64. The lowest BCUT2D eigenvalue weighted by Crippen LogP contribution is -2.45. The first-order valence-electron chi connectivity index (χ1n) is 7.59. The summed E-state index contributed by atoms with van der Waals surface area (Å²) in [6.07, 6.45) is 3.57. The van der Waals surface area contributed by atoms with Gasteiger partial charge in [0.15, 0.2) is 5.82 Å². The van der Waals surface area contributed by atoms with Crippen LogP contribution >= 0.6 is 0 Å². The van der Waals surface area contributed by atoms with Gasteiger partial charge in [-0.05, 0) is 33.8 Å². The average molecular weight is 316 g/mol. The molecule has 1 aliphatic heterocycles. The number of hydrogen-bond donors (Lipinski definition) is 0. The van der Waals surface area contributed by atoms with Gasteiger partial charge in [-0.3, -0.25) is 0 Å². The third kappa shape index (κ3) is 3.18. The Kier molecular flexibility index (Phi) is 3.79. The highest BCUT2D eigenvalue weighted by Gasteiger charge is 2.34. The predicted molar refractivity (Wildman–Crippen MR) is 82.5 cm³/mol. The first-order chi connectivity index (χ1) is 10.8. The highest BCUT2D eigenvalue weighted by Crippen LogP contribution is 2.31. The second-order valence-electron chi connectivity index (χ2n) is 6.67. The zero-order chi connectivity index (χ0) is 16.6. The molecule has 0 saturated heterocycles. The van der Waals surface area contributed by atoms with Crippen molar-refractivity contribution in [3.05, 3.63) is 29.7 Å². The van der Waals surface area contributed by atoms with Crippen molar-refractivity contribution in [3.63, 3.8) is 0 Å². The van der Waals surface area contributed by atoms with Crippen LogP contribution in [0.5, 0.6) is 0 Å². The van der Waals surface area contributed by atoms with Crippen molar-refractivity contribution in [1.82, 2.24) is 20.0 Å². The Balaban J connectivity index is 1.89. The molecule has 7 nitrogen and oxygen atoms in total. The van der Waals surface area contributed by atoms with E-state index in [1.54, 1.807) is 23.4 Å². The molecule has 7 heteroatoms. The summed E-state index contributed by atoms with van der Waals surface area (Å²) in [6, 6.07) is 1.73. The Hall–Kier alpha value is -2.44. The SMILES string of the molecule is C[C@H]1Cc2noc(-c3ncccn3)c2CN1C(=O)OC(C)(C)C. The summed E-state index contributed by atoms with van der Waals surface area (Å²) in [7, 11) is 0. The van der Waals surface area contributed by atoms with E-state index in [9.17, 15) is 4.79 Å². The summed E-state index contributed by atoms with van der Waals surface area (Å²) in [5.74, 6) is 0.987. The molecular formula is C16H20N4O3. The summed E-state index contributed by atoms with van der Waals surface area (Å²) in [6.45, 7) is 7.91. The normalized spacial score (nSPS) is 17.7. The molecule has 0 aromatic carbocycles. The molecule has 0 spiro atoms. The van der Waals surface area contributed by atoms with Gasteiger partial charge >= 0.3 is 6.09 Å². The molecule has 0 saturated carbocycles. The molecule has 0 aliphatic carbocycles. The number of ether oxygens (including phenoxy) is 1. The molecule has 23 heavy (non-hydrogen) atoms. The van der Waals surface area contributed by atoms with Crippen LogP contribution in [0.15, 0.2) is 23.0 Å². The van der Waals surface area contributed by atoms with Crippen molar-refractivity contribution in [3.8, 4) is 11.6 Å². The van der Waals surface area contributed by atoms with Crippen LogP contribution in [0, 0.1) is 0 Å². The minimum Gasteiger partial charge on any atom is -0.444 e. The van der Waals surface area contributed by atoms with Gasteiger partial charge in [0, 0.05) is 30.4 Å². The number of carbonyl (C=O) groups excluding carboxylic acids is 1. The van der Waals surface area contributed by atoms with Crippen molar-refractivity contribution in [1.29, 1.82) is 0 Å². The lowest BCUT2D eigenvalue weighted by molar-refractivity contribution is 0.0138. The molecular weight excluding hydrogens is 296 g/mol. The zero-order valence-electron chi connectivity index (χ0n) is 13.7. The highest BCUT2D eigenvalue weighted by molar-refractivity contribution is 5.70. The van der Waals surface area contributed by atoms with E-state index in [2.05, 4.69) is 15.1 Å². The molecule has 3 rings (SSSR count). The summed E-state index contributed by atoms with van der Waals surface area (Å²) in [5.41, 5.74) is 1.16. The predicted octanol–water partition coefficient (Wildman–Crippen LogP) is 2.81. The Morgan fingerprint density at radius 1 is 1.35 bits per heavy atom. The quantitative estimate of drug-likeness (QED) is 0.804. The molecule has 2 aromatic rings. The molecule has 0 N–H and O–H groups in total. The van der Waals surface area contributed by atoms with Crippen LogP contribution in [0.3, 0.4) is 0 Å². The van der Waals surface area contributed by atoms with Gasteiger partial charge < -0.3 is 14.2 Å². The van der Waals surface area contributed by atoms with Crippen LogP contribution in [0.1, 0.15) is 39.0 Å². The van der Waals surface area contributed by atoms with Crippen LogP contribution in [0.4, 0.5) is 4.79 Å². The maximum atomic E-state index is 12.4. The molecule has 0 radical (unpaired) electrons. The molecule has 0 fully saturated rings. The molecule has 0 unspecified atom stereocenters. The number of amides is 1. The third-order valence-corrected chi connectivity index (χ3v) is 3.62. The summed E-state index contributed by atoms with van der Waals surface area (Å²) in [4.78, 5) is 22.5. The number of rotatable bonds is 1. The molecule has 3 heterocycles. The van der Waals surface area contributed by atoms with Crippen molar-refractivity contribution in [2.45, 2.75) is 52.3 Å². The Morgan fingerprint density at radius 3 is 2.70 bits per heavy atom. The molecule has 1 aliphatic rings. The molecule has 0 bridgehead atoms. The summed E-state index contributed by atoms with van der Waals surface area (Å²) >= 11 is 0. The van der Waals surface area contributed by atoms with Gasteiger partial charge in [0.25, 0.3) is 0 Å². The standard InChI is InChI=1S/C16H20N4O3/c1-10-8-12-11(9-20(10)15(21)22-16(2,3)4)13(23-19-12)14-17-6-5-7-18-14/h5-7,10H,8-9H2,1-4H3/t10-/m0/s1. The van der Waals surface area contributed by atoms with E-state index >= 15 is 0 Å². The van der Waals surface area contributed by atoms with E-state index in [-0.39, 0.29) is 12.1 Å². The molecule has 2 aromatic heterocycles. The van der Waals surface area contributed by atoms with Crippen molar-refractivity contribution >= 4 is 6.09 Å². The summed E-state index contributed by atoms with van der Waals surface area (Å²) < 4.78 is 10.9. The zero-order valence-corrected chi connectivity index (χ0v) is 13.7. The van der Waals surface area contributed by atoms with Gasteiger partial charge in [-0.2, -0.15) is 0 Å². The fourth-order valence-electron chi connectivity index (χ4n) is 2.54. The number of hydrogen-bond acceptors (Lipinski definition) is 6. The smallest absolute Gasteiger partial charge is 0.410 e. The highest BCUT2D eigenvalue weighted by atomic mass is 16.6. The largest absolute Gasteiger partial charge is 0.444 e. The summed E-state index contributed by atoms with van der Waals surface area (Å²) in [5, 5.41) is 4.12. The molecule has 1 atom stereocenters. The minimum absolute atomic E-state index is 0.00742. The van der Waals surface area contributed by atoms with Crippen LogP contribution in [-0.2, 0) is 17.7 Å². The second-order valence-corrected chi connectivity index (χ2v) is 6.67. The minimum atomic E-state index is -0.531. The third-order valence-electron chi connectivity index (χ3n) is 3.62. The number of carbonyl (C=O) groups is 1. The maximum Gasteiger partial charge on any atom is 0.410 e. The van der Waals surface area contributed by atoms with Gasteiger partial charge in [0.05, 0.1) is 12.2 Å². The van der Waals surface area contributed by atoms with Gasteiger partial charge in [0.1, 0.15) is 5.60 Å². The Labute approximate surface area is 134 Å². The van der Waals surface area contributed by atoms with Crippen LogP contribution in [-0.4, -0.2) is 37.8 Å². The molecule has 1 amide bonds. The maximum absolute atomic E-state index is 12.4. The van der Waals surface area contributed by atoms with Gasteiger partial charge in [0.2, 0.25) is 5.76 Å². The first kappa shape index (κ1) is 15.5. The van der Waals surface area contributed by atoms with E-state index < -0.39 is 5.60 Å². The van der Waals surface area contributed by atoms with Crippen LogP contribution < -0.4 is 0 Å². The number of fused-ring (bicyclic) bond motifs is 1. The van der Waals surface area contributed by atoms with Crippen molar-refractivity contribution in [2.24, 2.45) is 0 Å². The lowest BCUT2D eigenvalue weighted by Gasteiger charge is -2.34. The van der Waals surface area contributed by atoms with Crippen LogP contribution in [0.2, 0.25) is 0 Å². The fraction of sp³-hybridized carbons (Fsp3) is 0.500. The van der Waals surface area contributed by atoms with E-state index in [4.69, 9.17) is 9.26 Å². The number of nitrogens with zero attached hydrogens (tertiary/aromatic N) is 4. The van der Waals surface area contributed by atoms with Crippen molar-refractivity contribution < 1.29 is 14.1 Å². The monoisotopic (exact) mass is 316 g/mol. The molecule has 122 valence electrons. The van der Waals surface area contributed by atoms with Gasteiger partial charge in [-0.15, -0.1) is 0 Å². The van der Waals surface area contributed by atoms with Crippen molar-refractivity contribution in [2.75, 3.05) is 0 Å². The van der Waals surface area contributed by atoms with E-state index in [1.807, 2.05) is 27.7 Å². The fourth-order valence-corrected chi connectivity index (χ4v) is 2.54. The van der Waals surface area contributed by atoms with E-state index in [0.717, 1.165) is 11.3 Å². The van der Waals surface area contributed by atoms with Crippen LogP contribution in [0.25, 0.3) is 11.6 Å². The van der Waals surface area contributed by atoms with Gasteiger partial charge in [-0.1, -0.05) is 5.16 Å². The Morgan fingerprint density at radius 2 is 2.04 bits per heavy atom. The van der Waals surface area contributed by atoms with E-state index in [0.29, 0.717) is 24.6 Å². The number of aromatic nitrogens is 3. The van der Waals surface area contributed by atoms with E-state index in [1.165, 1.54) is 0 Å². The first-order valence-corrected chi connectivity index (χ1v) is 7.59. The average Bonchev–Trinajstić information content (AvgIpc) is 2.88. The lowest BCUT2D eigenvalue weighted by atomic mass is 10.00. The van der Waals surface area contributed by atoms with Gasteiger partial charge in [-0.25, -0.2) is 14.8 Å². The topological polar surface area (TPSA) is 81.4 Å².